The number of fused-ring (bicyclic) bond motifs is 8. The van der Waals surface area contributed by atoms with Crippen LogP contribution in [0.15, 0.2) is 374 Å². The van der Waals surface area contributed by atoms with Crippen molar-refractivity contribution in [1.82, 2.24) is 0 Å². The van der Waals surface area contributed by atoms with Gasteiger partial charge in [0.1, 0.15) is 0 Å². The van der Waals surface area contributed by atoms with Crippen LogP contribution in [0, 0.1) is 0 Å². The molecule has 0 atom stereocenters. The van der Waals surface area contributed by atoms with Crippen molar-refractivity contribution in [2.75, 3.05) is 19.6 Å². The fourth-order valence-electron chi connectivity index (χ4n) is 15.8. The molecule has 4 heterocycles. The van der Waals surface area contributed by atoms with Gasteiger partial charge in [-0.3, -0.25) is 0 Å². The maximum absolute atomic E-state index is 2.73. The quantitative estimate of drug-likeness (QED) is 0.113. The first-order valence-corrected chi connectivity index (χ1v) is 36.2. The van der Waals surface area contributed by atoms with E-state index in [0.29, 0.717) is 0 Å². The van der Waals surface area contributed by atoms with Crippen molar-refractivity contribution in [3.8, 4) is 44.5 Å². The topological polar surface area (TPSA) is 13.0 Å². The molecule has 19 rings (SSSR count). The van der Waals surface area contributed by atoms with Gasteiger partial charge < -0.3 is 0 Å². The monoisotopic (exact) mass is 1330 g/mol. The summed E-state index contributed by atoms with van der Waals surface area (Å²) in [6.45, 7) is -0.291. The molecule has 0 N–H and O–H groups in total. The third-order valence-corrected chi connectivity index (χ3v) is 23.6. The molecule has 4 aliphatic rings. The van der Waals surface area contributed by atoms with Crippen molar-refractivity contribution < 1.29 is 0 Å². The maximum atomic E-state index is 2.73. The number of hydrogen-bond acceptors (Lipinski definition) is 5. The van der Waals surface area contributed by atoms with Crippen LogP contribution in [0.5, 0.6) is 0 Å². The van der Waals surface area contributed by atoms with Crippen LogP contribution in [0.25, 0.3) is 44.5 Å². The van der Waals surface area contributed by atoms with E-state index in [9.17, 15) is 0 Å². The van der Waals surface area contributed by atoms with E-state index in [2.05, 4.69) is 384 Å². The fourth-order valence-corrected chi connectivity index (χ4v) is 20.0. The van der Waals surface area contributed by atoms with Gasteiger partial charge in [0.05, 0.1) is 0 Å². The standard InChI is InChI=1S/C90H60B2N4SSe/c1-10-32-61(33-11-1)64-54-73(62-34-12-2-13-35-62)85(74(55-64)63-36-14-3-15-37-63)86-89-77(91-75-50-28-30-52-79(75)95(69-46-24-8-25-47-69)81-56-71(58-83(97-89)87(81)91)93(65-38-16-4-17-39-65)66-40-18-5-19-41-66)60-78-90(86)98-84-59-72(94(67-42-20-6-21-43-67)68-44-22-7-23-45-68)57-82-88(84)92(78)76-51-29-31-53-80(76)96(82)70-48-26-9-27-49-70/h1-60H. The number of para-hydroxylation sites is 8. The second-order valence-corrected chi connectivity index (χ2v) is 28.7. The number of rotatable bonds is 12. The predicted octanol–water partition coefficient (Wildman–Crippen LogP) is 18.3. The van der Waals surface area contributed by atoms with Crippen LogP contribution in [0.2, 0.25) is 0 Å². The van der Waals surface area contributed by atoms with Gasteiger partial charge in [0.15, 0.2) is 0 Å². The Kier molecular flexibility index (Phi) is 14.4. The van der Waals surface area contributed by atoms with Crippen molar-refractivity contribution in [2.24, 2.45) is 0 Å². The minimum atomic E-state index is -0.288. The van der Waals surface area contributed by atoms with Crippen molar-refractivity contribution in [3.63, 3.8) is 0 Å². The van der Waals surface area contributed by atoms with Crippen LogP contribution in [0.1, 0.15) is 0 Å². The molecule has 0 saturated carbocycles. The molecule has 0 spiro atoms. The van der Waals surface area contributed by atoms with Gasteiger partial charge in [-0.25, -0.2) is 0 Å². The molecule has 0 fully saturated rings. The summed E-state index contributed by atoms with van der Waals surface area (Å²) in [6.07, 6.45) is 0. The molecule has 15 aromatic rings. The SMILES string of the molecule is c1ccc(-c2cc(-c3ccccc3)c(-c3c4c(cc5c3[Se]c3cc(N(c6ccccc6)c6ccccc6)cc6c3B5c3ccccc3N6c3ccccc3)B3c5ccccc5N(c5ccccc5)c5cc(N(c6ccccc6)c6ccccc6)cc(c53)S4)c(-c3ccccc3)c2)cc1. The Morgan fingerprint density at radius 3 is 1.11 bits per heavy atom. The Hall–Kier alpha value is -11.5. The van der Waals surface area contributed by atoms with Crippen LogP contribution in [-0.4, -0.2) is 28.4 Å². The average Bonchev–Trinajstić information content (AvgIpc) is 0.687. The number of hydrogen-bond donors (Lipinski definition) is 0. The van der Waals surface area contributed by atoms with E-state index in [4.69, 9.17) is 0 Å². The average molecular weight is 1330 g/mol. The summed E-state index contributed by atoms with van der Waals surface area (Å²) in [6, 6.07) is 136. The molecule has 4 aliphatic heterocycles. The molecule has 15 aromatic carbocycles. The van der Waals surface area contributed by atoms with E-state index >= 15 is 0 Å². The van der Waals surface area contributed by atoms with Gasteiger partial charge in [-0.2, -0.15) is 0 Å². The van der Waals surface area contributed by atoms with Crippen molar-refractivity contribution in [2.45, 2.75) is 9.79 Å². The Morgan fingerprint density at radius 2 is 0.653 bits per heavy atom. The second-order valence-electron chi connectivity index (χ2n) is 25.4. The van der Waals surface area contributed by atoms with Gasteiger partial charge in [-0.1, -0.05) is 0 Å². The van der Waals surface area contributed by atoms with Gasteiger partial charge in [-0.05, 0) is 0 Å². The molecule has 4 nitrogen and oxygen atoms in total. The van der Waals surface area contributed by atoms with Crippen molar-refractivity contribution in [3.05, 3.63) is 364 Å². The van der Waals surface area contributed by atoms with E-state index in [1.165, 1.54) is 119 Å². The first-order valence-electron chi connectivity index (χ1n) is 33.6. The summed E-state index contributed by atoms with van der Waals surface area (Å²) in [5.74, 6) is 0. The van der Waals surface area contributed by atoms with Gasteiger partial charge in [0.25, 0.3) is 0 Å². The summed E-state index contributed by atoms with van der Waals surface area (Å²) in [5.41, 5.74) is 31.3. The van der Waals surface area contributed by atoms with Crippen LogP contribution in [0.4, 0.5) is 68.2 Å². The molecule has 98 heavy (non-hydrogen) atoms. The minimum absolute atomic E-state index is 0.135. The number of nitrogens with zero attached hydrogens (tertiary/aromatic N) is 4. The molecule has 0 aromatic heterocycles. The van der Waals surface area contributed by atoms with Crippen molar-refractivity contribution >= 4 is 150 Å². The van der Waals surface area contributed by atoms with E-state index in [-0.39, 0.29) is 28.4 Å². The molecule has 8 heteroatoms. The van der Waals surface area contributed by atoms with E-state index < -0.39 is 0 Å². The van der Waals surface area contributed by atoms with Gasteiger partial charge in [0.2, 0.25) is 0 Å². The molecule has 0 saturated heterocycles. The van der Waals surface area contributed by atoms with Crippen LogP contribution in [0.3, 0.4) is 0 Å². The molecule has 0 radical (unpaired) electrons. The zero-order valence-electron chi connectivity index (χ0n) is 53.4. The third kappa shape index (κ3) is 9.70. The van der Waals surface area contributed by atoms with Gasteiger partial charge >= 0.3 is 588 Å². The van der Waals surface area contributed by atoms with Gasteiger partial charge in [0, 0.05) is 0 Å². The number of anilines is 12. The van der Waals surface area contributed by atoms with Crippen LogP contribution < -0.4 is 61.3 Å². The summed E-state index contributed by atoms with van der Waals surface area (Å²) in [5, 5.41) is 0. The summed E-state index contributed by atoms with van der Waals surface area (Å²) >= 11 is 1.69. The first kappa shape index (κ1) is 57.9. The zero-order valence-corrected chi connectivity index (χ0v) is 55.9. The van der Waals surface area contributed by atoms with Crippen molar-refractivity contribution in [1.29, 1.82) is 0 Å². The van der Waals surface area contributed by atoms with E-state index in [1.807, 2.05) is 11.8 Å². The molecule has 0 bridgehead atoms. The van der Waals surface area contributed by atoms with Gasteiger partial charge in [-0.15, -0.1) is 0 Å². The third-order valence-electron chi connectivity index (χ3n) is 19.8. The Balaban J connectivity index is 0.971. The Morgan fingerprint density at radius 1 is 0.276 bits per heavy atom. The molecular weight excluding hydrogens is 1270 g/mol. The molecule has 0 amide bonds. The normalized spacial score (nSPS) is 12.7. The van der Waals surface area contributed by atoms with Crippen LogP contribution in [-0.2, 0) is 0 Å². The van der Waals surface area contributed by atoms with Crippen LogP contribution >= 0.6 is 11.8 Å². The second kappa shape index (κ2) is 24.3. The fraction of sp³-hybridized carbons (Fsp3) is 0. The number of benzene rings is 15. The Bertz CT molecular complexity index is 5130. The summed E-state index contributed by atoms with van der Waals surface area (Å²) in [7, 11) is 0. The molecule has 0 aliphatic carbocycles. The predicted molar refractivity (Wildman–Crippen MR) is 418 cm³/mol. The van der Waals surface area contributed by atoms with E-state index in [1.54, 1.807) is 0 Å². The first-order chi connectivity index (χ1) is 48.7. The molecule has 0 unspecified atom stereocenters. The Labute approximate surface area is 583 Å². The molecular formula is C90H60B2N4SSe. The summed E-state index contributed by atoms with van der Waals surface area (Å²) < 4.78 is 2.78. The summed E-state index contributed by atoms with van der Waals surface area (Å²) in [4.78, 5) is 12.6. The molecule has 458 valence electrons. The zero-order chi connectivity index (χ0) is 64.6. The van der Waals surface area contributed by atoms with E-state index in [0.717, 1.165) is 45.5 Å².